The first-order valence-corrected chi connectivity index (χ1v) is 6.97. The number of nitrogens with zero attached hydrogens (tertiary/aromatic N) is 3. The van der Waals surface area contributed by atoms with E-state index in [9.17, 15) is 0 Å². The predicted molar refractivity (Wildman–Crippen MR) is 64.1 cm³/mol. The second-order valence-electron chi connectivity index (χ2n) is 5.94. The molecule has 3 saturated carbocycles. The van der Waals surface area contributed by atoms with Gasteiger partial charge in [0.1, 0.15) is 11.6 Å². The minimum Gasteiger partial charge on any atom is -0.324 e. The summed E-state index contributed by atoms with van der Waals surface area (Å²) >= 11 is 0. The molecule has 0 amide bonds. The molecular weight excluding hydrogens is 212 g/mol. The highest BCUT2D eigenvalue weighted by molar-refractivity contribution is 5.25. The Morgan fingerprint density at radius 1 is 1.24 bits per heavy atom. The Morgan fingerprint density at radius 3 is 2.53 bits per heavy atom. The maximum Gasteiger partial charge on any atom is 0.146 e. The van der Waals surface area contributed by atoms with Crippen molar-refractivity contribution in [3.8, 4) is 0 Å². The van der Waals surface area contributed by atoms with Gasteiger partial charge in [0.05, 0.1) is 6.54 Å². The largest absolute Gasteiger partial charge is 0.324 e. The summed E-state index contributed by atoms with van der Waals surface area (Å²) in [6, 6.07) is 0. The van der Waals surface area contributed by atoms with E-state index in [1.165, 1.54) is 25.1 Å². The SMILES string of the molecule is CCn1c(CN)nnc1C1C2C3CCC(C3)C12. The molecule has 1 aromatic rings. The van der Waals surface area contributed by atoms with Gasteiger partial charge in [0, 0.05) is 12.5 Å². The Balaban J connectivity index is 1.67. The molecule has 4 rings (SSSR count). The van der Waals surface area contributed by atoms with Gasteiger partial charge in [-0.3, -0.25) is 0 Å². The van der Waals surface area contributed by atoms with Crippen molar-refractivity contribution in [1.82, 2.24) is 14.8 Å². The second-order valence-corrected chi connectivity index (χ2v) is 5.94. The molecule has 0 saturated heterocycles. The average molecular weight is 232 g/mol. The summed E-state index contributed by atoms with van der Waals surface area (Å²) < 4.78 is 2.25. The molecule has 2 N–H and O–H groups in total. The molecule has 0 spiro atoms. The molecule has 1 aromatic heterocycles. The van der Waals surface area contributed by atoms with Gasteiger partial charge in [0.2, 0.25) is 0 Å². The summed E-state index contributed by atoms with van der Waals surface area (Å²) in [6.07, 6.45) is 4.43. The first kappa shape index (κ1) is 10.1. The van der Waals surface area contributed by atoms with Crippen LogP contribution in [0.2, 0.25) is 0 Å². The minimum absolute atomic E-state index is 0.510. The molecule has 4 unspecified atom stereocenters. The van der Waals surface area contributed by atoms with Crippen molar-refractivity contribution < 1.29 is 0 Å². The lowest BCUT2D eigenvalue weighted by Gasteiger charge is -2.10. The molecular formula is C13H20N4. The zero-order valence-electron chi connectivity index (χ0n) is 10.3. The maximum atomic E-state index is 5.72. The fourth-order valence-corrected chi connectivity index (χ4v) is 4.76. The van der Waals surface area contributed by atoms with Gasteiger partial charge in [-0.1, -0.05) is 0 Å². The summed E-state index contributed by atoms with van der Waals surface area (Å²) in [6.45, 7) is 3.63. The van der Waals surface area contributed by atoms with Crippen molar-refractivity contribution in [3.63, 3.8) is 0 Å². The number of fused-ring (bicyclic) bond motifs is 5. The molecule has 0 radical (unpaired) electrons. The lowest BCUT2D eigenvalue weighted by molar-refractivity contribution is 0.456. The Hall–Kier alpha value is -0.900. The van der Waals surface area contributed by atoms with E-state index in [1.807, 2.05) is 0 Å². The van der Waals surface area contributed by atoms with Gasteiger partial charge in [-0.15, -0.1) is 10.2 Å². The van der Waals surface area contributed by atoms with Crippen LogP contribution >= 0.6 is 0 Å². The van der Waals surface area contributed by atoms with Crippen LogP contribution in [0, 0.1) is 23.7 Å². The first-order chi connectivity index (χ1) is 8.35. The van der Waals surface area contributed by atoms with E-state index < -0.39 is 0 Å². The smallest absolute Gasteiger partial charge is 0.146 e. The van der Waals surface area contributed by atoms with Gasteiger partial charge < -0.3 is 10.3 Å². The average Bonchev–Trinajstić information content (AvgIpc) is 2.75. The number of hydrogen-bond acceptors (Lipinski definition) is 3. The van der Waals surface area contributed by atoms with Crippen molar-refractivity contribution in [2.24, 2.45) is 29.4 Å². The topological polar surface area (TPSA) is 56.7 Å². The Kier molecular flexibility index (Phi) is 1.96. The molecule has 3 fully saturated rings. The van der Waals surface area contributed by atoms with E-state index in [2.05, 4.69) is 21.7 Å². The minimum atomic E-state index is 0.510. The summed E-state index contributed by atoms with van der Waals surface area (Å²) in [5, 5.41) is 8.68. The van der Waals surface area contributed by atoms with Crippen molar-refractivity contribution in [2.45, 2.75) is 45.2 Å². The van der Waals surface area contributed by atoms with Crippen molar-refractivity contribution in [3.05, 3.63) is 11.6 Å². The van der Waals surface area contributed by atoms with Crippen molar-refractivity contribution in [1.29, 1.82) is 0 Å². The molecule has 2 bridgehead atoms. The van der Waals surface area contributed by atoms with E-state index in [4.69, 9.17) is 5.73 Å². The van der Waals surface area contributed by atoms with Crippen LogP contribution in [0.3, 0.4) is 0 Å². The van der Waals surface area contributed by atoms with Gasteiger partial charge in [-0.2, -0.15) is 0 Å². The van der Waals surface area contributed by atoms with E-state index in [0.717, 1.165) is 36.0 Å². The standard InChI is InChI=1S/C13H20N4/c1-2-17-9(6-14)15-16-13(17)12-10-7-3-4-8(5-7)11(10)12/h7-8,10-12H,2-6,14H2,1H3. The molecule has 17 heavy (non-hydrogen) atoms. The molecule has 3 aliphatic carbocycles. The third-order valence-electron chi connectivity index (χ3n) is 5.39. The third kappa shape index (κ3) is 1.17. The zero-order valence-corrected chi connectivity index (χ0v) is 10.3. The molecule has 92 valence electrons. The van der Waals surface area contributed by atoms with Crippen LogP contribution in [-0.2, 0) is 13.1 Å². The van der Waals surface area contributed by atoms with E-state index in [-0.39, 0.29) is 0 Å². The van der Waals surface area contributed by atoms with Crippen LogP contribution in [-0.4, -0.2) is 14.8 Å². The molecule has 0 aromatic carbocycles. The number of aromatic nitrogens is 3. The zero-order chi connectivity index (χ0) is 11.6. The highest BCUT2D eigenvalue weighted by atomic mass is 15.3. The molecule has 1 heterocycles. The molecule has 4 nitrogen and oxygen atoms in total. The fourth-order valence-electron chi connectivity index (χ4n) is 4.76. The third-order valence-corrected chi connectivity index (χ3v) is 5.39. The van der Waals surface area contributed by atoms with Gasteiger partial charge in [0.15, 0.2) is 0 Å². The van der Waals surface area contributed by atoms with Gasteiger partial charge >= 0.3 is 0 Å². The molecule has 4 heteroatoms. The molecule has 4 atom stereocenters. The Morgan fingerprint density at radius 2 is 1.94 bits per heavy atom. The van der Waals surface area contributed by atoms with Gasteiger partial charge in [-0.25, -0.2) is 0 Å². The van der Waals surface area contributed by atoms with Crippen LogP contribution < -0.4 is 5.73 Å². The summed E-state index contributed by atoms with van der Waals surface area (Å²) in [4.78, 5) is 0. The van der Waals surface area contributed by atoms with Crippen molar-refractivity contribution in [2.75, 3.05) is 0 Å². The van der Waals surface area contributed by atoms with E-state index in [0.29, 0.717) is 12.5 Å². The summed E-state index contributed by atoms with van der Waals surface area (Å²) in [5.74, 6) is 6.78. The molecule has 3 aliphatic rings. The lowest BCUT2D eigenvalue weighted by atomic mass is 10.0. The van der Waals surface area contributed by atoms with Crippen molar-refractivity contribution >= 4 is 0 Å². The summed E-state index contributed by atoms with van der Waals surface area (Å²) in [5.41, 5.74) is 5.72. The summed E-state index contributed by atoms with van der Waals surface area (Å²) in [7, 11) is 0. The fraction of sp³-hybridized carbons (Fsp3) is 0.846. The Labute approximate surface area is 102 Å². The highest BCUT2D eigenvalue weighted by Crippen LogP contribution is 2.72. The predicted octanol–water partition coefficient (Wildman–Crippen LogP) is 1.52. The van der Waals surface area contributed by atoms with Crippen LogP contribution in [0.5, 0.6) is 0 Å². The quantitative estimate of drug-likeness (QED) is 0.859. The van der Waals surface area contributed by atoms with Gasteiger partial charge in [-0.05, 0) is 49.9 Å². The normalized spacial score (nSPS) is 41.9. The first-order valence-electron chi connectivity index (χ1n) is 6.97. The lowest BCUT2D eigenvalue weighted by Crippen LogP contribution is -2.11. The number of hydrogen-bond donors (Lipinski definition) is 1. The molecule has 0 aliphatic heterocycles. The van der Waals surface area contributed by atoms with E-state index >= 15 is 0 Å². The van der Waals surface area contributed by atoms with Crippen LogP contribution in [0.1, 0.15) is 43.8 Å². The van der Waals surface area contributed by atoms with Crippen LogP contribution in [0.15, 0.2) is 0 Å². The van der Waals surface area contributed by atoms with Crippen LogP contribution in [0.25, 0.3) is 0 Å². The van der Waals surface area contributed by atoms with Crippen LogP contribution in [0.4, 0.5) is 0 Å². The highest BCUT2D eigenvalue weighted by Gasteiger charge is 2.66. The maximum absolute atomic E-state index is 5.72. The monoisotopic (exact) mass is 232 g/mol. The number of rotatable bonds is 3. The Bertz CT molecular complexity index is 436. The van der Waals surface area contributed by atoms with E-state index in [1.54, 1.807) is 0 Å². The van der Waals surface area contributed by atoms with Gasteiger partial charge in [0.25, 0.3) is 0 Å². The number of nitrogens with two attached hydrogens (primary N) is 1. The second kappa shape index (κ2) is 3.31.